The van der Waals surface area contributed by atoms with E-state index in [9.17, 15) is 5.26 Å². The molecule has 4 rings (SSSR count). The summed E-state index contributed by atoms with van der Waals surface area (Å²) in [7, 11) is 0. The number of nitrogens with zero attached hydrogens (tertiary/aromatic N) is 3. The number of halogens is 1. The first kappa shape index (κ1) is 16.5. The van der Waals surface area contributed by atoms with E-state index in [-0.39, 0.29) is 5.15 Å². The molecule has 126 valence electrons. The first-order chi connectivity index (χ1) is 12.7. The molecule has 0 spiro atoms. The molecule has 6 heteroatoms. The van der Waals surface area contributed by atoms with Crippen LogP contribution in [0.1, 0.15) is 11.1 Å². The average Bonchev–Trinajstić information content (AvgIpc) is 3.05. The highest BCUT2D eigenvalue weighted by atomic mass is 35.5. The lowest BCUT2D eigenvalue weighted by Crippen LogP contribution is -1.97. The Kier molecular flexibility index (Phi) is 4.29. The van der Waals surface area contributed by atoms with Gasteiger partial charge >= 0.3 is 0 Å². The molecule has 0 aliphatic heterocycles. The summed E-state index contributed by atoms with van der Waals surface area (Å²) in [6.45, 7) is 2.04. The van der Waals surface area contributed by atoms with Crippen LogP contribution < -0.4 is 5.32 Å². The fourth-order valence-corrected chi connectivity index (χ4v) is 3.77. The zero-order valence-electron chi connectivity index (χ0n) is 13.8. The molecule has 0 fully saturated rings. The van der Waals surface area contributed by atoms with Crippen LogP contribution in [0.5, 0.6) is 0 Å². The highest BCUT2D eigenvalue weighted by Gasteiger charge is 2.16. The molecule has 0 aliphatic carbocycles. The van der Waals surface area contributed by atoms with E-state index in [0.717, 1.165) is 22.2 Å². The number of nitrogens with one attached hydrogen (secondary N) is 1. The third-order valence-electron chi connectivity index (χ3n) is 4.03. The normalized spacial score (nSPS) is 10.7. The minimum atomic E-state index is 0.276. The number of para-hydroxylation sites is 2. The Morgan fingerprint density at radius 3 is 2.42 bits per heavy atom. The van der Waals surface area contributed by atoms with E-state index in [2.05, 4.69) is 21.4 Å². The molecule has 0 aliphatic rings. The summed E-state index contributed by atoms with van der Waals surface area (Å²) in [5.41, 5.74) is 5.13. The molecule has 0 amide bonds. The monoisotopic (exact) mass is 376 g/mol. The van der Waals surface area contributed by atoms with Gasteiger partial charge in [0.05, 0.1) is 16.6 Å². The Morgan fingerprint density at radius 1 is 1.04 bits per heavy atom. The van der Waals surface area contributed by atoms with Gasteiger partial charge in [-0.05, 0) is 24.6 Å². The molecule has 0 atom stereocenters. The van der Waals surface area contributed by atoms with Crippen molar-refractivity contribution in [3.63, 3.8) is 0 Å². The van der Waals surface area contributed by atoms with Gasteiger partial charge in [0.2, 0.25) is 0 Å². The van der Waals surface area contributed by atoms with E-state index in [1.54, 1.807) is 0 Å². The highest BCUT2D eigenvalue weighted by molar-refractivity contribution is 7.15. The smallest absolute Gasteiger partial charge is 0.172 e. The molecule has 2 heterocycles. The van der Waals surface area contributed by atoms with E-state index in [1.165, 1.54) is 16.9 Å². The van der Waals surface area contributed by atoms with Crippen molar-refractivity contribution in [2.75, 3.05) is 5.32 Å². The number of rotatable bonds is 3. The minimum Gasteiger partial charge on any atom is -0.328 e. The van der Waals surface area contributed by atoms with Crippen LogP contribution in [0, 0.1) is 18.3 Å². The van der Waals surface area contributed by atoms with Crippen LogP contribution in [0.15, 0.2) is 53.9 Å². The van der Waals surface area contributed by atoms with Crippen molar-refractivity contribution in [2.45, 2.75) is 6.92 Å². The quantitative estimate of drug-likeness (QED) is 0.481. The minimum absolute atomic E-state index is 0.276. The van der Waals surface area contributed by atoms with Crippen molar-refractivity contribution in [1.82, 2.24) is 9.97 Å². The maximum Gasteiger partial charge on any atom is 0.172 e. The first-order valence-electron chi connectivity index (χ1n) is 7.93. The summed E-state index contributed by atoms with van der Waals surface area (Å²) in [6, 6.07) is 17.9. The number of nitriles is 1. The molecule has 4 aromatic rings. The second-order valence-electron chi connectivity index (χ2n) is 5.81. The Morgan fingerprint density at radius 2 is 1.73 bits per heavy atom. The molecule has 0 saturated carbocycles. The van der Waals surface area contributed by atoms with Gasteiger partial charge in [-0.15, -0.1) is 11.3 Å². The Labute approximate surface area is 159 Å². The molecule has 1 N–H and O–H groups in total. The molecule has 0 bridgehead atoms. The van der Waals surface area contributed by atoms with Gasteiger partial charge in [0.15, 0.2) is 11.0 Å². The number of thiophene rings is 1. The summed E-state index contributed by atoms with van der Waals surface area (Å²) >= 11 is 7.72. The SMILES string of the molecule is Cc1ccc(-c2csc(Nc3nc4ccccc4nc3Cl)c2C#N)cc1. The summed E-state index contributed by atoms with van der Waals surface area (Å²) < 4.78 is 0. The second kappa shape index (κ2) is 6.75. The summed E-state index contributed by atoms with van der Waals surface area (Å²) in [5, 5.41) is 15.8. The van der Waals surface area contributed by atoms with Gasteiger partial charge in [0.25, 0.3) is 0 Å². The summed E-state index contributed by atoms with van der Waals surface area (Å²) in [6.07, 6.45) is 0. The molecule has 0 unspecified atom stereocenters. The Balaban J connectivity index is 1.74. The van der Waals surface area contributed by atoms with E-state index in [1.807, 2.05) is 60.8 Å². The number of aryl methyl sites for hydroxylation is 1. The molecular formula is C20H13ClN4S. The van der Waals surface area contributed by atoms with Crippen LogP contribution in [0.4, 0.5) is 10.8 Å². The second-order valence-corrected chi connectivity index (χ2v) is 7.05. The van der Waals surface area contributed by atoms with Gasteiger partial charge in [0, 0.05) is 10.9 Å². The fraction of sp³-hybridized carbons (Fsp3) is 0.0500. The standard InChI is InChI=1S/C20H13ClN4S/c1-12-6-8-13(9-7-12)15-11-26-20(14(15)10-22)25-19-18(21)23-16-4-2-3-5-17(16)24-19/h2-9,11H,1H3,(H,24,25). The maximum absolute atomic E-state index is 9.67. The van der Waals surface area contributed by atoms with Gasteiger partial charge < -0.3 is 5.32 Å². The van der Waals surface area contributed by atoms with Crippen LogP contribution in [-0.4, -0.2) is 9.97 Å². The van der Waals surface area contributed by atoms with Crippen molar-refractivity contribution < 1.29 is 0 Å². The number of anilines is 2. The Bertz CT molecular complexity index is 1140. The van der Waals surface area contributed by atoms with Crippen molar-refractivity contribution >= 4 is 44.8 Å². The zero-order chi connectivity index (χ0) is 18.1. The van der Waals surface area contributed by atoms with Gasteiger partial charge in [0.1, 0.15) is 11.1 Å². The summed E-state index contributed by atoms with van der Waals surface area (Å²) in [4.78, 5) is 8.89. The molecule has 26 heavy (non-hydrogen) atoms. The van der Waals surface area contributed by atoms with Gasteiger partial charge in [-0.25, -0.2) is 9.97 Å². The van der Waals surface area contributed by atoms with E-state index in [4.69, 9.17) is 11.6 Å². The third kappa shape index (κ3) is 3.01. The fourth-order valence-electron chi connectivity index (χ4n) is 2.67. The number of hydrogen-bond acceptors (Lipinski definition) is 5. The molecule has 4 nitrogen and oxygen atoms in total. The number of hydrogen-bond donors (Lipinski definition) is 1. The lowest BCUT2D eigenvalue weighted by molar-refractivity contribution is 1.28. The van der Waals surface area contributed by atoms with Crippen molar-refractivity contribution in [1.29, 1.82) is 5.26 Å². The molecule has 0 radical (unpaired) electrons. The number of benzene rings is 2. The van der Waals surface area contributed by atoms with Crippen LogP contribution in [0.25, 0.3) is 22.2 Å². The van der Waals surface area contributed by atoms with E-state index >= 15 is 0 Å². The number of fused-ring (bicyclic) bond motifs is 1. The Hall–Kier alpha value is -2.94. The van der Waals surface area contributed by atoms with Crippen LogP contribution in [0.3, 0.4) is 0 Å². The topological polar surface area (TPSA) is 61.6 Å². The maximum atomic E-state index is 9.67. The van der Waals surface area contributed by atoms with E-state index in [0.29, 0.717) is 16.4 Å². The number of aromatic nitrogens is 2. The zero-order valence-corrected chi connectivity index (χ0v) is 15.4. The lowest BCUT2D eigenvalue weighted by Gasteiger charge is -2.07. The molecule has 2 aromatic carbocycles. The van der Waals surface area contributed by atoms with Gasteiger partial charge in [-0.2, -0.15) is 5.26 Å². The third-order valence-corrected chi connectivity index (χ3v) is 5.18. The largest absolute Gasteiger partial charge is 0.328 e. The first-order valence-corrected chi connectivity index (χ1v) is 9.19. The van der Waals surface area contributed by atoms with Crippen LogP contribution in [-0.2, 0) is 0 Å². The molecule has 0 saturated heterocycles. The average molecular weight is 377 g/mol. The van der Waals surface area contributed by atoms with E-state index < -0.39 is 0 Å². The van der Waals surface area contributed by atoms with Gasteiger partial charge in [-0.3, -0.25) is 0 Å². The van der Waals surface area contributed by atoms with Crippen molar-refractivity contribution in [3.05, 3.63) is 70.2 Å². The van der Waals surface area contributed by atoms with Crippen molar-refractivity contribution in [2.24, 2.45) is 0 Å². The van der Waals surface area contributed by atoms with Gasteiger partial charge in [-0.1, -0.05) is 53.6 Å². The predicted molar refractivity (Wildman–Crippen MR) is 107 cm³/mol. The molecule has 2 aromatic heterocycles. The molecular weight excluding hydrogens is 364 g/mol. The highest BCUT2D eigenvalue weighted by Crippen LogP contribution is 2.37. The lowest BCUT2D eigenvalue weighted by atomic mass is 10.0. The van der Waals surface area contributed by atoms with Crippen LogP contribution in [0.2, 0.25) is 5.15 Å². The van der Waals surface area contributed by atoms with Crippen LogP contribution >= 0.6 is 22.9 Å². The predicted octanol–water partition coefficient (Wildman–Crippen LogP) is 5.94. The van der Waals surface area contributed by atoms with Crippen molar-refractivity contribution in [3.8, 4) is 17.2 Å². The summed E-state index contributed by atoms with van der Waals surface area (Å²) in [5.74, 6) is 0.444.